The van der Waals surface area contributed by atoms with Gasteiger partial charge in [0.05, 0.1) is 5.56 Å². The van der Waals surface area contributed by atoms with Crippen LogP contribution < -0.4 is 11.1 Å². The number of nitrogens with one attached hydrogen (secondary N) is 1. The number of anilines is 1. The van der Waals surface area contributed by atoms with Crippen LogP contribution >= 0.6 is 0 Å². The number of hydrogen-bond acceptors (Lipinski definition) is 2. The van der Waals surface area contributed by atoms with Crippen molar-refractivity contribution in [3.63, 3.8) is 0 Å². The predicted molar refractivity (Wildman–Crippen MR) is 78.5 cm³/mol. The van der Waals surface area contributed by atoms with Gasteiger partial charge in [0, 0.05) is 24.3 Å². The van der Waals surface area contributed by atoms with Gasteiger partial charge in [0.25, 0.3) is 0 Å². The molecule has 0 bridgehead atoms. The van der Waals surface area contributed by atoms with Crippen molar-refractivity contribution in [2.75, 3.05) is 11.9 Å². The normalized spacial score (nSPS) is 20.6. The van der Waals surface area contributed by atoms with Crippen LogP contribution in [-0.2, 0) is 6.18 Å². The van der Waals surface area contributed by atoms with Crippen LogP contribution in [-0.4, -0.2) is 29.6 Å². The lowest BCUT2D eigenvalue weighted by atomic mass is 9.97. The third kappa shape index (κ3) is 3.91. The van der Waals surface area contributed by atoms with Crippen LogP contribution in [0.3, 0.4) is 0 Å². The molecule has 4 nitrogen and oxygen atoms in total. The second kappa shape index (κ2) is 6.56. The van der Waals surface area contributed by atoms with Crippen molar-refractivity contribution < 1.29 is 18.0 Å². The number of amides is 2. The van der Waals surface area contributed by atoms with Crippen LogP contribution in [0.25, 0.3) is 0 Å². The quantitative estimate of drug-likeness (QED) is 0.878. The summed E-state index contributed by atoms with van der Waals surface area (Å²) in [6, 6.07) is 3.92. The van der Waals surface area contributed by atoms with Crippen molar-refractivity contribution in [3.05, 3.63) is 29.8 Å². The van der Waals surface area contributed by atoms with Gasteiger partial charge in [-0.3, -0.25) is 0 Å². The van der Waals surface area contributed by atoms with E-state index in [1.165, 1.54) is 12.1 Å². The lowest BCUT2D eigenvalue weighted by Gasteiger charge is -2.37. The summed E-state index contributed by atoms with van der Waals surface area (Å²) in [6.07, 6.45) is -1.60. The molecule has 3 N–H and O–H groups in total. The largest absolute Gasteiger partial charge is 0.416 e. The molecule has 2 atom stereocenters. The Morgan fingerprint density at radius 2 is 1.95 bits per heavy atom. The number of carbonyl (C=O) groups is 1. The van der Waals surface area contributed by atoms with Gasteiger partial charge in [-0.15, -0.1) is 0 Å². The number of benzene rings is 1. The van der Waals surface area contributed by atoms with Gasteiger partial charge in [-0.25, -0.2) is 4.79 Å². The maximum atomic E-state index is 12.5. The van der Waals surface area contributed by atoms with Crippen molar-refractivity contribution in [3.8, 4) is 0 Å². The van der Waals surface area contributed by atoms with Crippen LogP contribution in [0.4, 0.5) is 23.7 Å². The number of urea groups is 1. The molecule has 1 aliphatic heterocycles. The highest BCUT2D eigenvalue weighted by molar-refractivity contribution is 5.89. The molecule has 2 unspecified atom stereocenters. The minimum Gasteiger partial charge on any atom is -0.326 e. The first-order valence-corrected chi connectivity index (χ1v) is 7.29. The number of nitrogens with zero attached hydrogens (tertiary/aromatic N) is 1. The molecule has 0 radical (unpaired) electrons. The molecule has 0 saturated carbocycles. The first kappa shape index (κ1) is 16.6. The third-order valence-corrected chi connectivity index (χ3v) is 3.88. The molecule has 2 amide bonds. The molecular formula is C15H20F3N3O. The molecule has 22 heavy (non-hydrogen) atoms. The summed E-state index contributed by atoms with van der Waals surface area (Å²) in [7, 11) is 0. The Morgan fingerprint density at radius 3 is 2.50 bits per heavy atom. The van der Waals surface area contributed by atoms with E-state index in [9.17, 15) is 18.0 Å². The molecule has 2 rings (SSSR count). The monoisotopic (exact) mass is 315 g/mol. The van der Waals surface area contributed by atoms with E-state index in [4.69, 9.17) is 5.73 Å². The lowest BCUT2D eigenvalue weighted by Crippen LogP contribution is -2.53. The van der Waals surface area contributed by atoms with E-state index in [2.05, 4.69) is 5.32 Å². The minimum atomic E-state index is -4.38. The molecule has 1 aromatic carbocycles. The minimum absolute atomic E-state index is 0.0387. The summed E-state index contributed by atoms with van der Waals surface area (Å²) >= 11 is 0. The number of carbonyl (C=O) groups excluding carboxylic acids is 1. The number of hydrogen-bond donors (Lipinski definition) is 2. The highest BCUT2D eigenvalue weighted by Gasteiger charge is 2.31. The summed E-state index contributed by atoms with van der Waals surface area (Å²) in [5.41, 5.74) is 5.51. The van der Waals surface area contributed by atoms with Gasteiger partial charge in [0.2, 0.25) is 0 Å². The molecule has 0 spiro atoms. The van der Waals surface area contributed by atoms with E-state index >= 15 is 0 Å². The van der Waals surface area contributed by atoms with Crippen molar-refractivity contribution >= 4 is 11.7 Å². The van der Waals surface area contributed by atoms with E-state index in [1.807, 2.05) is 6.92 Å². The number of piperidine rings is 1. The number of rotatable bonds is 2. The van der Waals surface area contributed by atoms with Crippen LogP contribution in [0.1, 0.15) is 31.7 Å². The van der Waals surface area contributed by atoms with E-state index in [1.54, 1.807) is 4.90 Å². The van der Waals surface area contributed by atoms with Crippen LogP contribution in [0.15, 0.2) is 24.3 Å². The van der Waals surface area contributed by atoms with Crippen molar-refractivity contribution in [1.29, 1.82) is 0 Å². The van der Waals surface area contributed by atoms with Crippen LogP contribution in [0.5, 0.6) is 0 Å². The van der Waals surface area contributed by atoms with Gasteiger partial charge in [-0.2, -0.15) is 13.2 Å². The Balaban J connectivity index is 2.04. The summed E-state index contributed by atoms with van der Waals surface area (Å²) in [6.45, 7) is 2.47. The molecule has 1 aromatic rings. The fraction of sp³-hybridized carbons (Fsp3) is 0.533. The standard InChI is InChI=1S/C15H20F3N3O/c1-10(19)13-4-2-3-9-21(13)14(22)20-12-7-5-11(6-8-12)15(16,17)18/h5-8,10,13H,2-4,9,19H2,1H3,(H,20,22). The smallest absolute Gasteiger partial charge is 0.326 e. The van der Waals surface area contributed by atoms with Gasteiger partial charge in [0.15, 0.2) is 0 Å². The van der Waals surface area contributed by atoms with E-state index in [-0.39, 0.29) is 18.1 Å². The zero-order valence-corrected chi connectivity index (χ0v) is 12.4. The Labute approximate surface area is 127 Å². The summed E-state index contributed by atoms with van der Waals surface area (Å²) in [5.74, 6) is 0. The van der Waals surface area contributed by atoms with Gasteiger partial charge in [-0.1, -0.05) is 0 Å². The molecule has 0 aliphatic carbocycles. The third-order valence-electron chi connectivity index (χ3n) is 3.88. The lowest BCUT2D eigenvalue weighted by molar-refractivity contribution is -0.137. The van der Waals surface area contributed by atoms with Crippen molar-refractivity contribution in [2.24, 2.45) is 5.73 Å². The SMILES string of the molecule is CC(N)C1CCCCN1C(=O)Nc1ccc(C(F)(F)F)cc1. The maximum absolute atomic E-state index is 12.5. The fourth-order valence-corrected chi connectivity index (χ4v) is 2.69. The van der Waals surface area contributed by atoms with Crippen LogP contribution in [0, 0.1) is 0 Å². The van der Waals surface area contributed by atoms with Gasteiger partial charge >= 0.3 is 12.2 Å². The number of alkyl halides is 3. The van der Waals surface area contributed by atoms with E-state index < -0.39 is 11.7 Å². The highest BCUT2D eigenvalue weighted by Crippen LogP contribution is 2.30. The molecule has 1 fully saturated rings. The molecule has 1 heterocycles. The molecule has 0 aromatic heterocycles. The summed E-state index contributed by atoms with van der Waals surface area (Å²) in [4.78, 5) is 14.0. The average molecular weight is 315 g/mol. The maximum Gasteiger partial charge on any atom is 0.416 e. The van der Waals surface area contributed by atoms with E-state index in [0.717, 1.165) is 31.4 Å². The highest BCUT2D eigenvalue weighted by atomic mass is 19.4. The zero-order chi connectivity index (χ0) is 16.3. The second-order valence-corrected chi connectivity index (χ2v) is 5.62. The Bertz CT molecular complexity index is 514. The van der Waals surface area contributed by atoms with Crippen molar-refractivity contribution in [2.45, 2.75) is 44.4 Å². The molecular weight excluding hydrogens is 295 g/mol. The summed E-state index contributed by atoms with van der Waals surface area (Å²) < 4.78 is 37.5. The Morgan fingerprint density at radius 1 is 1.32 bits per heavy atom. The van der Waals surface area contributed by atoms with Crippen molar-refractivity contribution in [1.82, 2.24) is 4.90 Å². The van der Waals surface area contributed by atoms with Gasteiger partial charge in [0.1, 0.15) is 0 Å². The van der Waals surface area contributed by atoms with Gasteiger partial charge < -0.3 is 16.0 Å². The molecule has 7 heteroatoms. The molecule has 1 saturated heterocycles. The number of likely N-dealkylation sites (tertiary alicyclic amines) is 1. The Kier molecular flexibility index (Phi) is 4.95. The number of nitrogens with two attached hydrogens (primary N) is 1. The fourth-order valence-electron chi connectivity index (χ4n) is 2.69. The van der Waals surface area contributed by atoms with Crippen LogP contribution in [0.2, 0.25) is 0 Å². The molecule has 1 aliphatic rings. The second-order valence-electron chi connectivity index (χ2n) is 5.62. The number of halogens is 3. The first-order valence-electron chi connectivity index (χ1n) is 7.29. The predicted octanol–water partition coefficient (Wildman–Crippen LogP) is 3.44. The molecule has 122 valence electrons. The average Bonchev–Trinajstić information content (AvgIpc) is 2.46. The zero-order valence-electron chi connectivity index (χ0n) is 12.4. The summed E-state index contributed by atoms with van der Waals surface area (Å²) in [5, 5.41) is 2.64. The topological polar surface area (TPSA) is 58.4 Å². The Hall–Kier alpha value is -1.76. The van der Waals surface area contributed by atoms with Gasteiger partial charge in [-0.05, 0) is 50.5 Å². The van der Waals surface area contributed by atoms with E-state index in [0.29, 0.717) is 12.2 Å². The first-order chi connectivity index (χ1) is 10.3.